The Morgan fingerprint density at radius 2 is 2.24 bits per heavy atom. The highest BCUT2D eigenvalue weighted by atomic mass is 16.2. The molecule has 94 valence electrons. The second kappa shape index (κ2) is 6.35. The summed E-state index contributed by atoms with van der Waals surface area (Å²) in [6.07, 6.45) is 4.21. The number of amides is 1. The van der Waals surface area contributed by atoms with E-state index in [4.69, 9.17) is 5.73 Å². The average Bonchev–Trinajstić information content (AvgIpc) is 2.26. The van der Waals surface area contributed by atoms with E-state index in [0.29, 0.717) is 18.9 Å². The van der Waals surface area contributed by atoms with Crippen LogP contribution >= 0.6 is 0 Å². The third-order valence-electron chi connectivity index (χ3n) is 2.66. The van der Waals surface area contributed by atoms with Crippen LogP contribution in [0.4, 0.5) is 0 Å². The molecule has 0 aliphatic carbocycles. The Morgan fingerprint density at radius 1 is 1.53 bits per heavy atom. The monoisotopic (exact) mass is 235 g/mol. The predicted octanol–water partition coefficient (Wildman–Crippen LogP) is 1.38. The third-order valence-corrected chi connectivity index (χ3v) is 2.66. The van der Waals surface area contributed by atoms with Gasteiger partial charge >= 0.3 is 0 Å². The molecule has 4 heteroatoms. The summed E-state index contributed by atoms with van der Waals surface area (Å²) < 4.78 is 0. The quantitative estimate of drug-likeness (QED) is 0.810. The van der Waals surface area contributed by atoms with Crippen LogP contribution in [0.1, 0.15) is 31.4 Å². The van der Waals surface area contributed by atoms with Crippen molar-refractivity contribution in [2.75, 3.05) is 0 Å². The number of carbonyl (C=O) groups excluding carboxylic acids is 1. The number of nitrogens with one attached hydrogen (secondary N) is 1. The zero-order valence-corrected chi connectivity index (χ0v) is 10.7. The van der Waals surface area contributed by atoms with Crippen LogP contribution in [0.5, 0.6) is 0 Å². The van der Waals surface area contributed by atoms with Gasteiger partial charge in [-0.05, 0) is 36.5 Å². The van der Waals surface area contributed by atoms with Crippen molar-refractivity contribution in [2.24, 2.45) is 11.7 Å². The molecule has 1 aromatic rings. The molecular weight excluding hydrogens is 214 g/mol. The van der Waals surface area contributed by atoms with Crippen LogP contribution in [-0.4, -0.2) is 16.9 Å². The summed E-state index contributed by atoms with van der Waals surface area (Å²) in [5.74, 6) is 0.331. The first kappa shape index (κ1) is 13.6. The standard InChI is InChI=1S/C13H21N3O/c1-9(2)6-12(14)13(17)16-8-11-7-15-5-4-10(11)3/h4-5,7,9,12H,6,8,14H2,1-3H3,(H,16,17). The maximum Gasteiger partial charge on any atom is 0.237 e. The van der Waals surface area contributed by atoms with Gasteiger partial charge in [-0.25, -0.2) is 0 Å². The molecule has 1 aromatic heterocycles. The van der Waals surface area contributed by atoms with Crippen molar-refractivity contribution < 1.29 is 4.79 Å². The van der Waals surface area contributed by atoms with E-state index >= 15 is 0 Å². The summed E-state index contributed by atoms with van der Waals surface area (Å²) in [7, 11) is 0. The molecular formula is C13H21N3O. The molecule has 4 nitrogen and oxygen atoms in total. The summed E-state index contributed by atoms with van der Waals surface area (Å²) in [4.78, 5) is 15.7. The van der Waals surface area contributed by atoms with E-state index in [2.05, 4.69) is 24.1 Å². The summed E-state index contributed by atoms with van der Waals surface area (Å²) in [6.45, 7) is 6.60. The van der Waals surface area contributed by atoms with Gasteiger partial charge in [-0.15, -0.1) is 0 Å². The van der Waals surface area contributed by atoms with Crippen LogP contribution in [-0.2, 0) is 11.3 Å². The molecule has 17 heavy (non-hydrogen) atoms. The van der Waals surface area contributed by atoms with Crippen molar-refractivity contribution in [1.29, 1.82) is 0 Å². The van der Waals surface area contributed by atoms with Crippen LogP contribution in [0.3, 0.4) is 0 Å². The number of hydrogen-bond acceptors (Lipinski definition) is 3. The van der Waals surface area contributed by atoms with Crippen molar-refractivity contribution in [2.45, 2.75) is 39.8 Å². The first-order chi connectivity index (χ1) is 8.00. The molecule has 0 bridgehead atoms. The molecule has 0 fully saturated rings. The molecule has 1 rings (SSSR count). The normalized spacial score (nSPS) is 12.5. The first-order valence-electron chi connectivity index (χ1n) is 5.93. The molecule has 0 saturated carbocycles. The Morgan fingerprint density at radius 3 is 2.82 bits per heavy atom. The molecule has 0 aliphatic rings. The number of aromatic nitrogens is 1. The van der Waals surface area contributed by atoms with Gasteiger partial charge in [0.05, 0.1) is 6.04 Å². The smallest absolute Gasteiger partial charge is 0.237 e. The van der Waals surface area contributed by atoms with Crippen molar-refractivity contribution in [3.63, 3.8) is 0 Å². The predicted molar refractivity (Wildman–Crippen MR) is 68.3 cm³/mol. The molecule has 3 N–H and O–H groups in total. The lowest BCUT2D eigenvalue weighted by Crippen LogP contribution is -2.41. The molecule has 1 amide bonds. The number of pyridine rings is 1. The van der Waals surface area contributed by atoms with Gasteiger partial charge in [0, 0.05) is 18.9 Å². The molecule has 0 spiro atoms. The summed E-state index contributed by atoms with van der Waals surface area (Å²) in [5.41, 5.74) is 7.94. The number of aryl methyl sites for hydroxylation is 1. The highest BCUT2D eigenvalue weighted by Gasteiger charge is 2.14. The van der Waals surface area contributed by atoms with Crippen molar-refractivity contribution in [3.8, 4) is 0 Å². The van der Waals surface area contributed by atoms with Gasteiger partial charge in [0.1, 0.15) is 0 Å². The summed E-state index contributed by atoms with van der Waals surface area (Å²) in [6, 6.07) is 1.50. The van der Waals surface area contributed by atoms with Crippen molar-refractivity contribution >= 4 is 5.91 Å². The highest BCUT2D eigenvalue weighted by Crippen LogP contribution is 2.05. The number of carbonyl (C=O) groups is 1. The van der Waals surface area contributed by atoms with E-state index < -0.39 is 6.04 Å². The zero-order chi connectivity index (χ0) is 12.8. The van der Waals surface area contributed by atoms with Gasteiger partial charge in [0.25, 0.3) is 0 Å². The number of hydrogen-bond donors (Lipinski definition) is 2. The second-order valence-electron chi connectivity index (χ2n) is 4.76. The van der Waals surface area contributed by atoms with Gasteiger partial charge in [-0.1, -0.05) is 13.8 Å². The number of nitrogens with two attached hydrogens (primary N) is 1. The van der Waals surface area contributed by atoms with Crippen LogP contribution in [0.2, 0.25) is 0 Å². The minimum atomic E-state index is -0.424. The SMILES string of the molecule is Cc1ccncc1CNC(=O)C(N)CC(C)C. The van der Waals surface area contributed by atoms with Gasteiger partial charge in [-0.3, -0.25) is 9.78 Å². The number of nitrogens with zero attached hydrogens (tertiary/aromatic N) is 1. The lowest BCUT2D eigenvalue weighted by Gasteiger charge is -2.14. The highest BCUT2D eigenvalue weighted by molar-refractivity contribution is 5.81. The van der Waals surface area contributed by atoms with E-state index in [1.165, 1.54) is 0 Å². The van der Waals surface area contributed by atoms with E-state index in [0.717, 1.165) is 11.1 Å². The maximum absolute atomic E-state index is 11.7. The third kappa shape index (κ3) is 4.53. The Bertz CT molecular complexity index is 377. The van der Waals surface area contributed by atoms with Crippen molar-refractivity contribution in [3.05, 3.63) is 29.6 Å². The summed E-state index contributed by atoms with van der Waals surface area (Å²) >= 11 is 0. The van der Waals surface area contributed by atoms with Crippen LogP contribution < -0.4 is 11.1 Å². The lowest BCUT2D eigenvalue weighted by atomic mass is 10.0. The Balaban J connectivity index is 2.46. The fourth-order valence-electron chi connectivity index (χ4n) is 1.61. The lowest BCUT2D eigenvalue weighted by molar-refractivity contribution is -0.122. The Labute approximate surface area is 103 Å². The zero-order valence-electron chi connectivity index (χ0n) is 10.7. The largest absolute Gasteiger partial charge is 0.351 e. The minimum absolute atomic E-state index is 0.0954. The molecule has 0 aromatic carbocycles. The molecule has 1 atom stereocenters. The first-order valence-corrected chi connectivity index (χ1v) is 5.93. The minimum Gasteiger partial charge on any atom is -0.351 e. The maximum atomic E-state index is 11.7. The van der Waals surface area contributed by atoms with E-state index in [9.17, 15) is 4.79 Å². The summed E-state index contributed by atoms with van der Waals surface area (Å²) in [5, 5.41) is 2.84. The Hall–Kier alpha value is -1.42. The van der Waals surface area contributed by atoms with Crippen LogP contribution in [0.25, 0.3) is 0 Å². The van der Waals surface area contributed by atoms with Gasteiger partial charge in [0.15, 0.2) is 0 Å². The molecule has 0 radical (unpaired) electrons. The molecule has 1 heterocycles. The van der Waals surface area contributed by atoms with E-state index in [1.54, 1.807) is 12.4 Å². The molecule has 0 aliphatic heterocycles. The van der Waals surface area contributed by atoms with Gasteiger partial charge in [-0.2, -0.15) is 0 Å². The van der Waals surface area contributed by atoms with E-state index in [-0.39, 0.29) is 5.91 Å². The fraction of sp³-hybridized carbons (Fsp3) is 0.538. The van der Waals surface area contributed by atoms with E-state index in [1.807, 2.05) is 13.0 Å². The van der Waals surface area contributed by atoms with Crippen LogP contribution in [0, 0.1) is 12.8 Å². The number of rotatable bonds is 5. The molecule has 0 saturated heterocycles. The fourth-order valence-corrected chi connectivity index (χ4v) is 1.61. The average molecular weight is 235 g/mol. The molecule has 1 unspecified atom stereocenters. The van der Waals surface area contributed by atoms with Crippen LogP contribution in [0.15, 0.2) is 18.5 Å². The van der Waals surface area contributed by atoms with Crippen molar-refractivity contribution in [1.82, 2.24) is 10.3 Å². The topological polar surface area (TPSA) is 68.0 Å². The second-order valence-corrected chi connectivity index (χ2v) is 4.76. The Kier molecular flexibility index (Phi) is 5.10. The van der Waals surface area contributed by atoms with Gasteiger partial charge in [0.2, 0.25) is 5.91 Å². The van der Waals surface area contributed by atoms with Gasteiger partial charge < -0.3 is 11.1 Å².